The van der Waals surface area contributed by atoms with Gasteiger partial charge in [-0.05, 0) is 60.7 Å². The lowest BCUT2D eigenvalue weighted by Gasteiger charge is -2.17. The molecule has 0 fully saturated rings. The van der Waals surface area contributed by atoms with Crippen LogP contribution in [0.2, 0.25) is 0 Å². The Morgan fingerprint density at radius 1 is 1.00 bits per heavy atom. The average Bonchev–Trinajstić information content (AvgIpc) is 2.80. The lowest BCUT2D eigenvalue weighted by Crippen LogP contribution is -2.02. The third-order valence-electron chi connectivity index (χ3n) is 4.99. The third-order valence-corrected chi connectivity index (χ3v) is 5.81. The third kappa shape index (κ3) is 4.81. The van der Waals surface area contributed by atoms with Crippen molar-refractivity contribution in [3.05, 3.63) is 89.5 Å². The van der Waals surface area contributed by atoms with Crippen molar-refractivity contribution in [3.63, 3.8) is 0 Å². The van der Waals surface area contributed by atoms with E-state index in [1.807, 2.05) is 50.2 Å². The summed E-state index contributed by atoms with van der Waals surface area (Å²) in [6, 6.07) is 16.7. The number of pyridine rings is 1. The second kappa shape index (κ2) is 9.65. The number of aromatic nitrogens is 3. The molecular formula is C24H22FN5OS. The van der Waals surface area contributed by atoms with Crippen LogP contribution in [0, 0.1) is 19.7 Å². The predicted octanol–water partition coefficient (Wildman–Crippen LogP) is 5.93. The summed E-state index contributed by atoms with van der Waals surface area (Å²) in [5, 5.41) is 0. The number of benzene rings is 2. The molecular weight excluding hydrogens is 425 g/mol. The van der Waals surface area contributed by atoms with Gasteiger partial charge in [0.25, 0.3) is 0 Å². The molecule has 162 valence electrons. The average molecular weight is 448 g/mol. The van der Waals surface area contributed by atoms with E-state index in [2.05, 4.69) is 19.7 Å². The second-order valence-corrected chi connectivity index (χ2v) is 7.90. The number of anilines is 2. The Bertz CT molecular complexity index is 1240. The van der Waals surface area contributed by atoms with Crippen LogP contribution in [0.25, 0.3) is 11.3 Å². The minimum Gasteiger partial charge on any atom is -0.438 e. The Morgan fingerprint density at radius 3 is 2.59 bits per heavy atom. The molecule has 0 radical (unpaired) electrons. The first-order chi connectivity index (χ1) is 15.5. The van der Waals surface area contributed by atoms with Gasteiger partial charge in [0.05, 0.1) is 16.9 Å². The molecule has 0 aliphatic rings. The molecule has 0 saturated heterocycles. The summed E-state index contributed by atoms with van der Waals surface area (Å²) in [7, 11) is 0. The normalized spacial score (nSPS) is 10.7. The minimum atomic E-state index is -0.396. The highest BCUT2D eigenvalue weighted by atomic mass is 32.2. The van der Waals surface area contributed by atoms with Crippen molar-refractivity contribution in [2.75, 3.05) is 10.5 Å². The fourth-order valence-corrected chi connectivity index (χ4v) is 3.97. The Kier molecular flexibility index (Phi) is 6.51. The first-order valence-electron chi connectivity index (χ1n) is 9.96. The highest BCUT2D eigenvalue weighted by Crippen LogP contribution is 2.37. The summed E-state index contributed by atoms with van der Waals surface area (Å²) in [5.41, 5.74) is 10.1. The number of nitrogen functional groups attached to an aromatic ring is 1. The lowest BCUT2D eigenvalue weighted by molar-refractivity contribution is 0.456. The summed E-state index contributed by atoms with van der Waals surface area (Å²) in [6.07, 6.45) is 3.18. The Labute approximate surface area is 190 Å². The topological polar surface area (TPSA) is 86.0 Å². The fraction of sp³-hybridized carbons (Fsp3) is 0.125. The number of hydrogen-bond acceptors (Lipinski definition) is 7. The van der Waals surface area contributed by atoms with Crippen LogP contribution in [0.4, 0.5) is 16.0 Å². The number of halogens is 1. The molecule has 6 nitrogen and oxygen atoms in total. The number of nitrogens with zero attached hydrogens (tertiary/aromatic N) is 3. The van der Waals surface area contributed by atoms with Crippen LogP contribution in [0.3, 0.4) is 0 Å². The highest BCUT2D eigenvalue weighted by Gasteiger charge is 2.17. The van der Waals surface area contributed by atoms with Gasteiger partial charge in [-0.2, -0.15) is 0 Å². The van der Waals surface area contributed by atoms with Crippen LogP contribution >= 0.6 is 11.9 Å². The van der Waals surface area contributed by atoms with Crippen LogP contribution in [-0.2, 0) is 5.75 Å². The van der Waals surface area contributed by atoms with Gasteiger partial charge < -0.3 is 15.2 Å². The van der Waals surface area contributed by atoms with Crippen LogP contribution in [0.1, 0.15) is 16.7 Å². The van der Waals surface area contributed by atoms with Crippen LogP contribution in [0.5, 0.6) is 11.6 Å². The zero-order valence-corrected chi connectivity index (χ0v) is 18.5. The van der Waals surface area contributed by atoms with Gasteiger partial charge in [0.2, 0.25) is 11.8 Å². The number of nitrogens with one attached hydrogen (secondary N) is 1. The maximum Gasteiger partial charge on any atom is 0.228 e. The van der Waals surface area contributed by atoms with E-state index >= 15 is 0 Å². The smallest absolute Gasteiger partial charge is 0.228 e. The van der Waals surface area contributed by atoms with E-state index in [1.165, 1.54) is 18.0 Å². The summed E-state index contributed by atoms with van der Waals surface area (Å²) in [4.78, 5) is 12.5. The molecule has 0 saturated carbocycles. The standard InChI is InChI=1S/C24H22FN5OS/c1-15-16(2)22(30-32-14-17-7-4-3-5-8-17)19(25)13-21(15)31-23-18(9-6-11-27-23)20-10-12-28-24(26)29-20/h3-13,30H,14H2,1-2H3,(H2,26,28,29). The zero-order valence-electron chi connectivity index (χ0n) is 17.7. The molecule has 0 amide bonds. The van der Waals surface area contributed by atoms with Crippen LogP contribution in [-0.4, -0.2) is 15.0 Å². The number of rotatable bonds is 7. The Hall–Kier alpha value is -3.65. The number of hydrogen-bond donors (Lipinski definition) is 2. The molecule has 0 bridgehead atoms. The molecule has 2 heterocycles. The Balaban J connectivity index is 1.57. The first kappa shape index (κ1) is 21.6. The van der Waals surface area contributed by atoms with Gasteiger partial charge >= 0.3 is 0 Å². The molecule has 32 heavy (non-hydrogen) atoms. The molecule has 4 aromatic rings. The van der Waals surface area contributed by atoms with Crippen LogP contribution < -0.4 is 15.2 Å². The van der Waals surface area contributed by atoms with E-state index in [4.69, 9.17) is 10.5 Å². The van der Waals surface area contributed by atoms with Crippen molar-refractivity contribution in [3.8, 4) is 22.9 Å². The molecule has 8 heteroatoms. The number of nitrogens with two attached hydrogens (primary N) is 1. The summed E-state index contributed by atoms with van der Waals surface area (Å²) >= 11 is 1.44. The lowest BCUT2D eigenvalue weighted by atomic mass is 10.1. The van der Waals surface area contributed by atoms with Gasteiger partial charge in [-0.25, -0.2) is 19.3 Å². The molecule has 0 unspecified atom stereocenters. The van der Waals surface area contributed by atoms with Gasteiger partial charge in [0.1, 0.15) is 5.75 Å². The summed E-state index contributed by atoms with van der Waals surface area (Å²) in [5.74, 6) is 1.18. The highest BCUT2D eigenvalue weighted by molar-refractivity contribution is 7.99. The van der Waals surface area contributed by atoms with E-state index in [9.17, 15) is 4.39 Å². The second-order valence-electron chi connectivity index (χ2n) is 7.12. The largest absolute Gasteiger partial charge is 0.438 e. The quantitative estimate of drug-likeness (QED) is 0.340. The molecule has 2 aromatic heterocycles. The van der Waals surface area contributed by atoms with Crippen LogP contribution in [0.15, 0.2) is 67.0 Å². The van der Waals surface area contributed by atoms with Crippen molar-refractivity contribution in [1.29, 1.82) is 0 Å². The summed E-state index contributed by atoms with van der Waals surface area (Å²) < 4.78 is 24.2. The van der Waals surface area contributed by atoms with Gasteiger partial charge in [-0.1, -0.05) is 30.3 Å². The molecule has 4 rings (SSSR count). The van der Waals surface area contributed by atoms with Gasteiger partial charge in [-0.3, -0.25) is 0 Å². The van der Waals surface area contributed by atoms with Crippen molar-refractivity contribution in [1.82, 2.24) is 15.0 Å². The molecule has 0 atom stereocenters. The van der Waals surface area contributed by atoms with Gasteiger partial charge in [0.15, 0.2) is 5.82 Å². The maximum absolute atomic E-state index is 15.0. The maximum atomic E-state index is 15.0. The van der Waals surface area contributed by atoms with E-state index in [0.717, 1.165) is 22.4 Å². The van der Waals surface area contributed by atoms with E-state index in [1.54, 1.807) is 24.5 Å². The van der Waals surface area contributed by atoms with Gasteiger partial charge in [-0.15, -0.1) is 0 Å². The van der Waals surface area contributed by atoms with Crippen molar-refractivity contribution in [2.24, 2.45) is 0 Å². The molecule has 3 N–H and O–H groups in total. The van der Waals surface area contributed by atoms with Crippen molar-refractivity contribution in [2.45, 2.75) is 19.6 Å². The zero-order chi connectivity index (χ0) is 22.5. The van der Waals surface area contributed by atoms with Crippen molar-refractivity contribution < 1.29 is 9.13 Å². The number of ether oxygens (including phenoxy) is 1. The fourth-order valence-electron chi connectivity index (χ4n) is 3.14. The summed E-state index contributed by atoms with van der Waals surface area (Å²) in [6.45, 7) is 3.75. The van der Waals surface area contributed by atoms with E-state index < -0.39 is 5.82 Å². The van der Waals surface area contributed by atoms with E-state index in [-0.39, 0.29) is 5.95 Å². The molecule has 0 spiro atoms. The first-order valence-corrected chi connectivity index (χ1v) is 10.9. The molecule has 0 aliphatic carbocycles. The predicted molar refractivity (Wildman–Crippen MR) is 127 cm³/mol. The van der Waals surface area contributed by atoms with E-state index in [0.29, 0.717) is 28.6 Å². The molecule has 2 aromatic carbocycles. The SMILES string of the molecule is Cc1c(Oc2ncccc2-c2ccnc(N)n2)cc(F)c(NSCc2ccccc2)c1C. The van der Waals surface area contributed by atoms with Crippen molar-refractivity contribution >= 4 is 23.6 Å². The Morgan fingerprint density at radius 2 is 1.81 bits per heavy atom. The molecule has 0 aliphatic heterocycles. The monoisotopic (exact) mass is 447 g/mol. The minimum absolute atomic E-state index is 0.152. The van der Waals surface area contributed by atoms with Gasteiger partial charge in [0, 0.05) is 24.2 Å².